The first-order chi connectivity index (χ1) is 6.43. The molecule has 5 heteroatoms. The molecule has 1 unspecified atom stereocenters. The summed E-state index contributed by atoms with van der Waals surface area (Å²) >= 11 is 0. The number of nitrogens with zero attached hydrogens (tertiary/aromatic N) is 1. The van der Waals surface area contributed by atoms with Gasteiger partial charge in [0.1, 0.15) is 5.84 Å². The molecule has 1 heterocycles. The highest BCUT2D eigenvalue weighted by Crippen LogP contribution is 2.20. The molecule has 0 aromatic carbocycles. The van der Waals surface area contributed by atoms with E-state index in [0.29, 0.717) is 13.1 Å². The van der Waals surface area contributed by atoms with E-state index in [4.69, 9.17) is 21.0 Å². The predicted molar refractivity (Wildman–Crippen MR) is 54.4 cm³/mol. The van der Waals surface area contributed by atoms with Crippen LogP contribution in [0.15, 0.2) is 0 Å². The van der Waals surface area contributed by atoms with Gasteiger partial charge in [0, 0.05) is 13.1 Å². The van der Waals surface area contributed by atoms with Crippen molar-refractivity contribution in [1.29, 1.82) is 5.41 Å². The van der Waals surface area contributed by atoms with Crippen LogP contribution in [0.1, 0.15) is 13.8 Å². The van der Waals surface area contributed by atoms with Crippen LogP contribution in [0.2, 0.25) is 0 Å². The largest absolute Gasteiger partial charge is 0.394 e. The molecule has 1 atom stereocenters. The highest BCUT2D eigenvalue weighted by atomic mass is 16.5. The molecular weight excluding hydrogens is 182 g/mol. The number of hydrogen-bond acceptors (Lipinski definition) is 4. The maximum atomic E-state index is 9.04. The molecule has 1 aliphatic heterocycles. The quantitative estimate of drug-likeness (QED) is 0.420. The van der Waals surface area contributed by atoms with Crippen LogP contribution in [0.25, 0.3) is 0 Å². The Bertz CT molecular complexity index is 218. The maximum absolute atomic E-state index is 9.04. The Morgan fingerprint density at radius 3 is 2.86 bits per heavy atom. The Labute approximate surface area is 84.3 Å². The normalized spacial score (nSPS) is 27.5. The third-order valence-corrected chi connectivity index (χ3v) is 2.15. The maximum Gasteiger partial charge on any atom is 0.105 e. The molecule has 4 N–H and O–H groups in total. The summed E-state index contributed by atoms with van der Waals surface area (Å²) in [6.07, 6.45) is -0.168. The number of nitrogens with one attached hydrogen (secondary N) is 1. The summed E-state index contributed by atoms with van der Waals surface area (Å²) < 4.78 is 5.63. The topological polar surface area (TPSA) is 82.6 Å². The van der Waals surface area contributed by atoms with Gasteiger partial charge >= 0.3 is 0 Å². The summed E-state index contributed by atoms with van der Waals surface area (Å²) in [7, 11) is 0. The van der Waals surface area contributed by atoms with Crippen molar-refractivity contribution in [2.45, 2.75) is 25.6 Å². The van der Waals surface area contributed by atoms with Crippen molar-refractivity contribution >= 4 is 5.84 Å². The Hall–Kier alpha value is -0.650. The van der Waals surface area contributed by atoms with Gasteiger partial charge in [0.15, 0.2) is 0 Å². The first-order valence-corrected chi connectivity index (χ1v) is 4.77. The van der Waals surface area contributed by atoms with E-state index in [1.807, 2.05) is 18.7 Å². The van der Waals surface area contributed by atoms with Crippen LogP contribution >= 0.6 is 0 Å². The monoisotopic (exact) mass is 201 g/mol. The molecule has 1 rings (SSSR count). The number of rotatable bonds is 3. The summed E-state index contributed by atoms with van der Waals surface area (Å²) in [5.41, 5.74) is 5.06. The Balaban J connectivity index is 2.56. The predicted octanol–water partition coefficient (Wildman–Crippen LogP) is -0.606. The number of aliphatic hydroxyl groups is 1. The van der Waals surface area contributed by atoms with Crippen LogP contribution in [0.4, 0.5) is 0 Å². The molecule has 1 aliphatic rings. The fourth-order valence-corrected chi connectivity index (χ4v) is 1.87. The smallest absolute Gasteiger partial charge is 0.105 e. The summed E-state index contributed by atoms with van der Waals surface area (Å²) in [5.74, 6) is 0.152. The second kappa shape index (κ2) is 4.25. The van der Waals surface area contributed by atoms with Crippen molar-refractivity contribution < 1.29 is 9.84 Å². The molecule has 14 heavy (non-hydrogen) atoms. The highest BCUT2D eigenvalue weighted by molar-refractivity contribution is 5.78. The molecule has 0 radical (unpaired) electrons. The molecule has 5 nitrogen and oxygen atoms in total. The second-order valence-electron chi connectivity index (χ2n) is 4.38. The van der Waals surface area contributed by atoms with Crippen LogP contribution in [-0.2, 0) is 4.74 Å². The zero-order valence-electron chi connectivity index (χ0n) is 8.79. The molecule has 0 aromatic heterocycles. The summed E-state index contributed by atoms with van der Waals surface area (Å²) in [4.78, 5) is 2.03. The molecule has 0 aliphatic carbocycles. The molecular formula is C9H19N3O2. The van der Waals surface area contributed by atoms with E-state index in [0.717, 1.165) is 6.54 Å². The zero-order chi connectivity index (χ0) is 10.8. The Kier molecular flexibility index (Phi) is 3.47. The molecule has 1 saturated heterocycles. The van der Waals surface area contributed by atoms with E-state index >= 15 is 0 Å². The lowest BCUT2D eigenvalue weighted by Crippen LogP contribution is -2.55. The van der Waals surface area contributed by atoms with Crippen molar-refractivity contribution in [1.82, 2.24) is 4.90 Å². The third kappa shape index (κ3) is 3.25. The SMILES string of the molecule is CC1(C)CN(CC(=N)N)CC(CO)O1. The minimum absolute atomic E-state index is 0.0117. The summed E-state index contributed by atoms with van der Waals surface area (Å²) in [5, 5.41) is 16.3. The van der Waals surface area contributed by atoms with Crippen molar-refractivity contribution in [3.05, 3.63) is 0 Å². The van der Waals surface area contributed by atoms with Gasteiger partial charge in [0.25, 0.3) is 0 Å². The fraction of sp³-hybridized carbons (Fsp3) is 0.889. The first kappa shape index (κ1) is 11.4. The lowest BCUT2D eigenvalue weighted by Gasteiger charge is -2.42. The first-order valence-electron chi connectivity index (χ1n) is 4.77. The van der Waals surface area contributed by atoms with E-state index < -0.39 is 0 Å². The lowest BCUT2D eigenvalue weighted by atomic mass is 10.1. The number of hydrogen-bond donors (Lipinski definition) is 3. The second-order valence-corrected chi connectivity index (χ2v) is 4.38. The van der Waals surface area contributed by atoms with Gasteiger partial charge in [0.2, 0.25) is 0 Å². The van der Waals surface area contributed by atoms with Crippen LogP contribution in [0, 0.1) is 5.41 Å². The average Bonchev–Trinajstić information content (AvgIpc) is 1.99. The summed E-state index contributed by atoms with van der Waals surface area (Å²) in [6, 6.07) is 0. The summed E-state index contributed by atoms with van der Waals surface area (Å²) in [6.45, 7) is 5.79. The van der Waals surface area contributed by atoms with Crippen molar-refractivity contribution in [3.63, 3.8) is 0 Å². The van der Waals surface area contributed by atoms with Gasteiger partial charge in [0.05, 0.1) is 24.9 Å². The van der Waals surface area contributed by atoms with E-state index in [1.165, 1.54) is 0 Å². The minimum Gasteiger partial charge on any atom is -0.394 e. The number of nitrogens with two attached hydrogens (primary N) is 1. The molecule has 0 spiro atoms. The Morgan fingerprint density at radius 2 is 2.36 bits per heavy atom. The van der Waals surface area contributed by atoms with Gasteiger partial charge in [-0.2, -0.15) is 0 Å². The molecule has 0 saturated carbocycles. The van der Waals surface area contributed by atoms with Crippen molar-refractivity contribution in [2.75, 3.05) is 26.2 Å². The highest BCUT2D eigenvalue weighted by Gasteiger charge is 2.32. The standard InChI is InChI=1S/C9H19N3O2/c1-9(2)6-12(4-8(10)11)3-7(5-13)14-9/h7,13H,3-6H2,1-2H3,(H3,10,11). The molecule has 1 fully saturated rings. The average molecular weight is 201 g/mol. The molecule has 82 valence electrons. The van der Waals surface area contributed by atoms with Gasteiger partial charge in [-0.25, -0.2) is 0 Å². The van der Waals surface area contributed by atoms with E-state index in [9.17, 15) is 0 Å². The molecule has 0 aromatic rings. The minimum atomic E-state index is -0.277. The van der Waals surface area contributed by atoms with Crippen LogP contribution in [-0.4, -0.2) is 53.8 Å². The zero-order valence-corrected chi connectivity index (χ0v) is 8.79. The Morgan fingerprint density at radius 1 is 1.71 bits per heavy atom. The number of aliphatic hydroxyl groups excluding tert-OH is 1. The van der Waals surface area contributed by atoms with E-state index in [2.05, 4.69) is 0 Å². The van der Waals surface area contributed by atoms with Gasteiger partial charge in [-0.05, 0) is 13.8 Å². The number of amidine groups is 1. The van der Waals surface area contributed by atoms with Gasteiger partial charge in [-0.3, -0.25) is 10.3 Å². The van der Waals surface area contributed by atoms with E-state index in [-0.39, 0.29) is 24.1 Å². The molecule has 0 amide bonds. The van der Waals surface area contributed by atoms with Crippen LogP contribution in [0.3, 0.4) is 0 Å². The fourth-order valence-electron chi connectivity index (χ4n) is 1.87. The van der Waals surface area contributed by atoms with E-state index in [1.54, 1.807) is 0 Å². The van der Waals surface area contributed by atoms with Crippen molar-refractivity contribution in [3.8, 4) is 0 Å². The van der Waals surface area contributed by atoms with Gasteiger partial charge < -0.3 is 15.6 Å². The van der Waals surface area contributed by atoms with Gasteiger partial charge in [-0.15, -0.1) is 0 Å². The van der Waals surface area contributed by atoms with Crippen molar-refractivity contribution in [2.24, 2.45) is 5.73 Å². The number of ether oxygens (including phenoxy) is 1. The lowest BCUT2D eigenvalue weighted by molar-refractivity contribution is -0.145. The van der Waals surface area contributed by atoms with Crippen LogP contribution < -0.4 is 5.73 Å². The molecule has 0 bridgehead atoms. The third-order valence-electron chi connectivity index (χ3n) is 2.15. The number of morpholine rings is 1. The van der Waals surface area contributed by atoms with Crippen LogP contribution in [0.5, 0.6) is 0 Å². The van der Waals surface area contributed by atoms with Gasteiger partial charge in [-0.1, -0.05) is 0 Å².